The molecule has 0 saturated carbocycles. The highest BCUT2D eigenvalue weighted by Gasteiger charge is 2.21. The molecule has 108 heavy (non-hydrogen) atoms. The van der Waals surface area contributed by atoms with Crippen LogP contribution < -0.4 is 4.65 Å². The molecule has 22 rings (SSSR count). The highest BCUT2D eigenvalue weighted by atomic mass is 79.9. The molecule has 8 heteroatoms. The van der Waals surface area contributed by atoms with Gasteiger partial charge in [0.15, 0.2) is 0 Å². The molecule has 1 radical (unpaired) electrons. The zero-order chi connectivity index (χ0) is 71.8. The number of para-hydroxylation sites is 6. The Morgan fingerprint density at radius 3 is 0.833 bits per heavy atom. The number of hydrogen-bond donors (Lipinski definition) is 1. The van der Waals surface area contributed by atoms with Gasteiger partial charge in [-0.3, -0.25) is 0 Å². The summed E-state index contributed by atoms with van der Waals surface area (Å²) in [5, 5.41) is 27.6. The predicted octanol–water partition coefficient (Wildman–Crippen LogP) is 28.6. The third kappa shape index (κ3) is 11.2. The smallest absolute Gasteiger partial charge is 0.537 e. The number of rotatable bonds is 9. The molecule has 0 atom stereocenters. The van der Waals surface area contributed by atoms with E-state index in [9.17, 15) is 5.02 Å². The number of hydrogen-bond acceptors (Lipinski definition) is 6. The summed E-state index contributed by atoms with van der Waals surface area (Å²) in [4.78, 5) is 0. The van der Waals surface area contributed by atoms with E-state index in [2.05, 4.69) is 283 Å². The quantitative estimate of drug-likeness (QED) is 0.115. The normalized spacial score (nSPS) is 11.6. The van der Waals surface area contributed by atoms with Crippen LogP contribution in [-0.4, -0.2) is 12.7 Å². The highest BCUT2D eigenvalue weighted by Crippen LogP contribution is 2.48. The fourth-order valence-electron chi connectivity index (χ4n) is 16.2. The average Bonchev–Trinajstić information content (AvgIpc) is 1.67. The largest absolute Gasteiger partial charge is 0.569 e. The lowest BCUT2D eigenvalue weighted by Crippen LogP contribution is -2.01. The summed E-state index contributed by atoms with van der Waals surface area (Å²) in [6.07, 6.45) is 0. The topological polar surface area (TPSA) is 82.0 Å². The first-order valence-electron chi connectivity index (χ1n) is 36.1. The van der Waals surface area contributed by atoms with E-state index in [1.54, 1.807) is 0 Å². The Labute approximate surface area is 629 Å². The van der Waals surface area contributed by atoms with Crippen LogP contribution in [0.25, 0.3) is 209 Å². The van der Waals surface area contributed by atoms with E-state index in [1.807, 2.05) is 97.1 Å². The van der Waals surface area contributed by atoms with E-state index in [0.717, 1.165) is 155 Å². The molecule has 0 amide bonds. The average molecular weight is 1450 g/mol. The molecule has 0 bridgehead atoms. The van der Waals surface area contributed by atoms with E-state index in [0.29, 0.717) is 5.75 Å². The van der Waals surface area contributed by atoms with Crippen molar-refractivity contribution in [3.05, 3.63) is 368 Å². The maximum Gasteiger partial charge on any atom is 0.569 e. The third-order valence-corrected chi connectivity index (χ3v) is 21.7. The van der Waals surface area contributed by atoms with Crippen molar-refractivity contribution < 1.29 is 27.3 Å². The summed E-state index contributed by atoms with van der Waals surface area (Å²) in [5.74, 6) is 0.657. The van der Waals surface area contributed by atoms with Crippen molar-refractivity contribution in [2.45, 2.75) is 0 Å². The van der Waals surface area contributed by atoms with Gasteiger partial charge in [0.25, 0.3) is 0 Å². The first kappa shape index (κ1) is 64.1. The van der Waals surface area contributed by atoms with Crippen LogP contribution in [0.15, 0.2) is 386 Å². The van der Waals surface area contributed by atoms with Crippen LogP contribution in [0.3, 0.4) is 0 Å². The molecule has 0 aliphatic carbocycles. The van der Waals surface area contributed by atoms with Crippen LogP contribution in [0.5, 0.6) is 5.75 Å². The fourth-order valence-corrected chi connectivity index (χ4v) is 16.5. The molecule has 1 N–H and O–H groups in total. The van der Waals surface area contributed by atoms with Crippen molar-refractivity contribution in [2.24, 2.45) is 0 Å². The molecule has 22 aromatic rings. The molecule has 0 fully saturated rings. The zero-order valence-electron chi connectivity index (χ0n) is 58.1. The van der Waals surface area contributed by atoms with E-state index >= 15 is 0 Å². The van der Waals surface area contributed by atoms with Gasteiger partial charge >= 0.3 is 7.69 Å². The molecule has 0 saturated heterocycles. The molecule has 0 aliphatic rings. The minimum Gasteiger partial charge on any atom is -0.537 e. The second-order valence-electron chi connectivity index (χ2n) is 27.3. The van der Waals surface area contributed by atoms with Crippen LogP contribution in [0.1, 0.15) is 0 Å². The van der Waals surface area contributed by atoms with Gasteiger partial charge in [0.05, 0.1) is 0 Å². The zero-order valence-corrected chi connectivity index (χ0v) is 59.7. The Bertz CT molecular complexity index is 7140. The SMILES string of the molecule is Brc1ccc(-c2cccc3c2oc2ccccc23)cc1.O[B]Oc1c2ccccc2c(-c2ccc(-c3ccc4oc5ccccc5c4c3)cc2)c2ccccc12.c1ccc2c(c1)oc1ccc(-c3ccc(-c4c5ccccc5c(-c5ccc(-c6cccc7c6oc6ccccc67)cc5)c5ccccc45)cc3)cc12. The number of benzene rings is 18. The number of halogens is 1. The molecule has 507 valence electrons. The van der Waals surface area contributed by atoms with Gasteiger partial charge in [-0.05, 0) is 160 Å². The number of fused-ring (bicyclic) bond motifs is 16. The van der Waals surface area contributed by atoms with Gasteiger partial charge in [-0.25, -0.2) is 0 Å². The second-order valence-corrected chi connectivity index (χ2v) is 28.2. The molecule has 0 aliphatic heterocycles. The van der Waals surface area contributed by atoms with Crippen molar-refractivity contribution in [1.29, 1.82) is 0 Å². The van der Waals surface area contributed by atoms with Crippen LogP contribution in [-0.2, 0) is 0 Å². The highest BCUT2D eigenvalue weighted by molar-refractivity contribution is 9.10. The molecule has 6 nitrogen and oxygen atoms in total. The predicted molar refractivity (Wildman–Crippen MR) is 453 cm³/mol. The van der Waals surface area contributed by atoms with Crippen LogP contribution in [0.4, 0.5) is 0 Å². The van der Waals surface area contributed by atoms with Crippen LogP contribution in [0.2, 0.25) is 0 Å². The summed E-state index contributed by atoms with van der Waals surface area (Å²) < 4.78 is 31.2. The molecular formula is C100H61BBrO6. The second kappa shape index (κ2) is 26.9. The maximum atomic E-state index is 9.42. The van der Waals surface area contributed by atoms with Crippen LogP contribution in [0, 0.1) is 0 Å². The van der Waals surface area contributed by atoms with E-state index in [4.69, 9.17) is 22.3 Å². The Kier molecular flexibility index (Phi) is 16.0. The van der Waals surface area contributed by atoms with Crippen molar-refractivity contribution in [2.75, 3.05) is 0 Å². The molecule has 4 aromatic heterocycles. The summed E-state index contributed by atoms with van der Waals surface area (Å²) in [7, 11) is 0.753. The van der Waals surface area contributed by atoms with Gasteiger partial charge in [0.2, 0.25) is 0 Å². The first-order chi connectivity index (χ1) is 53.4. The first-order valence-corrected chi connectivity index (χ1v) is 36.9. The Balaban J connectivity index is 0.000000118. The van der Waals surface area contributed by atoms with Crippen molar-refractivity contribution in [3.63, 3.8) is 0 Å². The van der Waals surface area contributed by atoms with Crippen molar-refractivity contribution >= 4 is 154 Å². The van der Waals surface area contributed by atoms with Crippen molar-refractivity contribution in [3.8, 4) is 83.6 Å². The minimum absolute atomic E-state index is 0.657. The lowest BCUT2D eigenvalue weighted by Gasteiger charge is -2.18. The summed E-state index contributed by atoms with van der Waals surface area (Å²) >= 11 is 3.47. The van der Waals surface area contributed by atoms with E-state index < -0.39 is 0 Å². The maximum absolute atomic E-state index is 9.42. The molecule has 18 aromatic carbocycles. The van der Waals surface area contributed by atoms with Gasteiger partial charge in [-0.1, -0.05) is 319 Å². The molecule has 0 unspecified atom stereocenters. The minimum atomic E-state index is 0.657. The van der Waals surface area contributed by atoms with Gasteiger partial charge in [-0.15, -0.1) is 0 Å². The molecular weight excluding hydrogens is 1390 g/mol. The van der Waals surface area contributed by atoms with Gasteiger partial charge in [0.1, 0.15) is 50.4 Å². The third-order valence-electron chi connectivity index (χ3n) is 21.2. The summed E-state index contributed by atoms with van der Waals surface area (Å²) in [5.41, 5.74) is 23.7. The van der Waals surface area contributed by atoms with E-state index in [1.165, 1.54) is 65.7 Å². The summed E-state index contributed by atoms with van der Waals surface area (Å²) in [6, 6.07) is 127. The molecule has 4 heterocycles. The standard InChI is InChI=1S/C50H30O2.C32H20BO3.C18H11BrO/c1-3-14-41-39(12-1)48(33-24-20-31(21-25-33)35-28-29-47-44(30-35)38-11-6-7-18-45(38)51-47)40-13-2-4-15-42(40)49(41)34-26-22-32(23-27-34)36-16-9-17-43-37-10-5-8-19-46(37)52-50(36)43;34-33-36-32-26-10-3-1-8-24(26)31(25-9-2-4-11-27(25)32)21-15-13-20(14-16-21)22-17-18-30-28(19-22)23-7-5-6-12-29(23)35-30;19-13-10-8-12(9-11-13)14-5-3-6-16-15-4-1-2-7-17(15)20-18(14)16/h1-30H;1-19,34H;1-11H. The Hall–Kier alpha value is -13.5. The number of furan rings is 4. The lowest BCUT2D eigenvalue weighted by molar-refractivity contribution is 0.459. The Morgan fingerprint density at radius 1 is 0.213 bits per heavy atom. The van der Waals surface area contributed by atoms with Gasteiger partial charge < -0.3 is 27.3 Å². The lowest BCUT2D eigenvalue weighted by atomic mass is 9.85. The monoisotopic (exact) mass is 1450 g/mol. The fraction of sp³-hybridized carbons (Fsp3) is 0. The summed E-state index contributed by atoms with van der Waals surface area (Å²) in [6.45, 7) is 0. The Morgan fingerprint density at radius 2 is 0.472 bits per heavy atom. The van der Waals surface area contributed by atoms with Gasteiger partial charge in [-0.2, -0.15) is 0 Å². The van der Waals surface area contributed by atoms with Crippen LogP contribution >= 0.6 is 15.9 Å². The van der Waals surface area contributed by atoms with Crippen molar-refractivity contribution in [1.82, 2.24) is 0 Å². The van der Waals surface area contributed by atoms with Gasteiger partial charge in [0, 0.05) is 69.5 Å². The molecule has 0 spiro atoms. The van der Waals surface area contributed by atoms with E-state index in [-0.39, 0.29) is 0 Å².